The second kappa shape index (κ2) is 12.6. The van der Waals surface area contributed by atoms with Gasteiger partial charge in [-0.05, 0) is 77.7 Å². The van der Waals surface area contributed by atoms with E-state index in [0.29, 0.717) is 0 Å². The Hall–Kier alpha value is -1.82. The van der Waals surface area contributed by atoms with E-state index in [0.717, 1.165) is 17.8 Å². The van der Waals surface area contributed by atoms with Crippen molar-refractivity contribution in [3.63, 3.8) is 0 Å². The molecule has 1 unspecified atom stereocenters. The van der Waals surface area contributed by atoms with Gasteiger partial charge in [0.15, 0.2) is 0 Å². The highest BCUT2D eigenvalue weighted by Crippen LogP contribution is 2.37. The van der Waals surface area contributed by atoms with E-state index in [4.69, 9.17) is 0 Å². The molecule has 0 N–H and O–H groups in total. The zero-order valence-electron chi connectivity index (χ0n) is 21.3. The molecule has 2 aliphatic carbocycles. The molecule has 2 aromatic carbocycles. The summed E-state index contributed by atoms with van der Waals surface area (Å²) in [7, 11) is 0. The SMILES string of the molecule is CCCCCCCCC1CC=C(c2ccc(-c3ccc([C@H]4CC[C@H](C)CC4)cc3)cc2)CC1. The highest BCUT2D eigenvalue weighted by Gasteiger charge is 2.19. The van der Waals surface area contributed by atoms with Crippen molar-refractivity contribution in [1.29, 1.82) is 0 Å². The molecule has 1 saturated carbocycles. The molecule has 0 heteroatoms. The molecule has 178 valence electrons. The van der Waals surface area contributed by atoms with Crippen molar-refractivity contribution in [1.82, 2.24) is 0 Å². The minimum Gasteiger partial charge on any atom is -0.0804 e. The first-order chi connectivity index (χ1) is 16.2. The Labute approximate surface area is 203 Å². The van der Waals surface area contributed by atoms with Gasteiger partial charge >= 0.3 is 0 Å². The van der Waals surface area contributed by atoms with E-state index in [1.165, 1.54) is 107 Å². The summed E-state index contributed by atoms with van der Waals surface area (Å²) in [4.78, 5) is 0. The molecular weight excluding hydrogens is 396 g/mol. The molecular formula is C33H46. The van der Waals surface area contributed by atoms with Crippen LogP contribution in [0.5, 0.6) is 0 Å². The highest BCUT2D eigenvalue weighted by molar-refractivity contribution is 5.71. The quantitative estimate of drug-likeness (QED) is 0.321. The average molecular weight is 443 g/mol. The largest absolute Gasteiger partial charge is 0.0804 e. The Bertz CT molecular complexity index is 846. The van der Waals surface area contributed by atoms with E-state index in [9.17, 15) is 0 Å². The average Bonchev–Trinajstić information content (AvgIpc) is 2.87. The van der Waals surface area contributed by atoms with Crippen LogP contribution in [0, 0.1) is 11.8 Å². The molecule has 0 saturated heterocycles. The standard InChI is InChI=1S/C33H46/c1-3-4-5-6-7-8-9-27-12-16-29(17-13-27)31-20-24-33(25-21-31)32-22-18-30(19-23-32)28-14-10-26(2)11-15-28/h16,18-28H,3-15,17H2,1-2H3/t26-,27?,28-. The van der Waals surface area contributed by atoms with Gasteiger partial charge in [-0.25, -0.2) is 0 Å². The molecule has 0 bridgehead atoms. The highest BCUT2D eigenvalue weighted by atomic mass is 14.2. The summed E-state index contributed by atoms with van der Waals surface area (Å²) in [5.41, 5.74) is 7.25. The molecule has 0 heterocycles. The molecule has 2 aromatic rings. The molecule has 0 nitrogen and oxygen atoms in total. The van der Waals surface area contributed by atoms with Gasteiger partial charge in [0, 0.05) is 0 Å². The summed E-state index contributed by atoms with van der Waals surface area (Å²) in [6.07, 6.45) is 21.9. The predicted molar refractivity (Wildman–Crippen MR) is 146 cm³/mol. The second-order valence-electron chi connectivity index (χ2n) is 11.1. The van der Waals surface area contributed by atoms with Crippen molar-refractivity contribution in [3.05, 3.63) is 65.7 Å². The van der Waals surface area contributed by atoms with E-state index >= 15 is 0 Å². The maximum absolute atomic E-state index is 2.54. The maximum Gasteiger partial charge on any atom is -0.0162 e. The van der Waals surface area contributed by atoms with Crippen molar-refractivity contribution in [2.75, 3.05) is 0 Å². The molecule has 1 fully saturated rings. The number of hydrogen-bond acceptors (Lipinski definition) is 0. The number of hydrogen-bond donors (Lipinski definition) is 0. The number of rotatable bonds is 10. The molecule has 0 amide bonds. The predicted octanol–water partition coefficient (Wildman–Crippen LogP) is 10.6. The van der Waals surface area contributed by atoms with Crippen molar-refractivity contribution in [2.24, 2.45) is 11.8 Å². The molecule has 0 spiro atoms. The van der Waals surface area contributed by atoms with Crippen LogP contribution in [-0.2, 0) is 0 Å². The first-order valence-corrected chi connectivity index (χ1v) is 14.1. The fourth-order valence-electron chi connectivity index (χ4n) is 6.04. The maximum atomic E-state index is 2.54. The van der Waals surface area contributed by atoms with Gasteiger partial charge in [0.2, 0.25) is 0 Å². The van der Waals surface area contributed by atoms with Gasteiger partial charge in [-0.15, -0.1) is 0 Å². The third-order valence-electron chi connectivity index (χ3n) is 8.47. The summed E-state index contributed by atoms with van der Waals surface area (Å²) in [6.45, 7) is 4.70. The van der Waals surface area contributed by atoms with Gasteiger partial charge in [-0.1, -0.05) is 126 Å². The lowest BCUT2D eigenvalue weighted by Crippen LogP contribution is -2.10. The summed E-state index contributed by atoms with van der Waals surface area (Å²) in [5, 5.41) is 0. The summed E-state index contributed by atoms with van der Waals surface area (Å²) in [5.74, 6) is 2.62. The normalized spacial score (nSPS) is 23.3. The molecule has 4 rings (SSSR count). The first kappa shape index (κ1) is 24.3. The lowest BCUT2D eigenvalue weighted by Gasteiger charge is -2.26. The van der Waals surface area contributed by atoms with Gasteiger partial charge in [0.25, 0.3) is 0 Å². The molecule has 0 aromatic heterocycles. The first-order valence-electron chi connectivity index (χ1n) is 14.1. The smallest absolute Gasteiger partial charge is 0.0162 e. The number of unbranched alkanes of at least 4 members (excludes halogenated alkanes) is 5. The Morgan fingerprint density at radius 1 is 0.667 bits per heavy atom. The minimum atomic E-state index is 0.778. The van der Waals surface area contributed by atoms with Crippen LogP contribution in [0.3, 0.4) is 0 Å². The van der Waals surface area contributed by atoms with Gasteiger partial charge in [-0.2, -0.15) is 0 Å². The van der Waals surface area contributed by atoms with E-state index in [1.807, 2.05) is 0 Å². The minimum absolute atomic E-state index is 0.778. The Kier molecular flexibility index (Phi) is 9.27. The Balaban J connectivity index is 1.26. The van der Waals surface area contributed by atoms with Crippen LogP contribution in [-0.4, -0.2) is 0 Å². The van der Waals surface area contributed by atoms with Crippen LogP contribution in [0.4, 0.5) is 0 Å². The number of allylic oxidation sites excluding steroid dienone is 2. The van der Waals surface area contributed by atoms with Crippen LogP contribution in [0.15, 0.2) is 54.6 Å². The second-order valence-corrected chi connectivity index (χ2v) is 11.1. The van der Waals surface area contributed by atoms with Crippen molar-refractivity contribution >= 4 is 5.57 Å². The van der Waals surface area contributed by atoms with Gasteiger partial charge < -0.3 is 0 Å². The third kappa shape index (κ3) is 7.08. The molecule has 0 radical (unpaired) electrons. The van der Waals surface area contributed by atoms with Crippen LogP contribution >= 0.6 is 0 Å². The van der Waals surface area contributed by atoms with Crippen molar-refractivity contribution in [3.8, 4) is 11.1 Å². The molecule has 1 atom stereocenters. The van der Waals surface area contributed by atoms with Crippen molar-refractivity contribution in [2.45, 2.75) is 110 Å². The monoisotopic (exact) mass is 442 g/mol. The third-order valence-corrected chi connectivity index (χ3v) is 8.47. The summed E-state index contributed by atoms with van der Waals surface area (Å²) >= 11 is 0. The van der Waals surface area contributed by atoms with E-state index in [2.05, 4.69) is 68.5 Å². The molecule has 0 aliphatic heterocycles. The molecule has 33 heavy (non-hydrogen) atoms. The molecule has 2 aliphatic rings. The van der Waals surface area contributed by atoms with Crippen molar-refractivity contribution < 1.29 is 0 Å². The van der Waals surface area contributed by atoms with Crippen LogP contribution in [0.25, 0.3) is 16.7 Å². The van der Waals surface area contributed by atoms with Crippen LogP contribution < -0.4 is 0 Å². The topological polar surface area (TPSA) is 0 Å². The Morgan fingerprint density at radius 2 is 1.27 bits per heavy atom. The van der Waals surface area contributed by atoms with Crippen LogP contribution in [0.2, 0.25) is 0 Å². The summed E-state index contributed by atoms with van der Waals surface area (Å²) in [6, 6.07) is 18.8. The zero-order valence-corrected chi connectivity index (χ0v) is 21.3. The van der Waals surface area contributed by atoms with Gasteiger partial charge in [0.05, 0.1) is 0 Å². The fourth-order valence-corrected chi connectivity index (χ4v) is 6.04. The van der Waals surface area contributed by atoms with Crippen LogP contribution in [0.1, 0.15) is 121 Å². The van der Waals surface area contributed by atoms with E-state index in [1.54, 1.807) is 11.1 Å². The zero-order chi connectivity index (χ0) is 22.9. The lowest BCUT2D eigenvalue weighted by atomic mass is 9.79. The Morgan fingerprint density at radius 3 is 1.91 bits per heavy atom. The van der Waals surface area contributed by atoms with Gasteiger partial charge in [0.1, 0.15) is 0 Å². The van der Waals surface area contributed by atoms with E-state index in [-0.39, 0.29) is 0 Å². The van der Waals surface area contributed by atoms with E-state index < -0.39 is 0 Å². The lowest BCUT2D eigenvalue weighted by molar-refractivity contribution is 0.348. The summed E-state index contributed by atoms with van der Waals surface area (Å²) < 4.78 is 0. The number of benzene rings is 2. The van der Waals surface area contributed by atoms with Gasteiger partial charge in [-0.3, -0.25) is 0 Å². The fraction of sp³-hybridized carbons (Fsp3) is 0.576.